The molecule has 0 heterocycles. The fourth-order valence-electron chi connectivity index (χ4n) is 3.69. The maximum absolute atomic E-state index is 13.4. The summed E-state index contributed by atoms with van der Waals surface area (Å²) in [6.45, 7) is 0.320. The smallest absolute Gasteiger partial charge is 0.343 e. The van der Waals surface area contributed by atoms with Crippen molar-refractivity contribution in [1.29, 1.82) is 0 Å². The number of primary amides is 1. The number of benzene rings is 3. The molecular formula is C25H28ClN4O5S. The fraction of sp³-hybridized carbons (Fsp3) is 0.280. The normalized spacial score (nSPS) is 12.4. The Morgan fingerprint density at radius 3 is 2.44 bits per heavy atom. The number of halogens is 1. The van der Waals surface area contributed by atoms with E-state index in [-0.39, 0.29) is 29.3 Å². The molecule has 0 aromatic heterocycles. The lowest BCUT2D eigenvalue weighted by Gasteiger charge is -2.19. The highest BCUT2D eigenvalue weighted by Gasteiger charge is 2.29. The third kappa shape index (κ3) is 7.41. The second kappa shape index (κ2) is 12.7. The number of fused-ring (bicyclic) bond motifs is 1. The Kier molecular flexibility index (Phi) is 9.65. The summed E-state index contributed by atoms with van der Waals surface area (Å²) in [4.78, 5) is 28.8. The maximum atomic E-state index is 13.4. The Morgan fingerprint density at radius 1 is 0.972 bits per heavy atom. The van der Waals surface area contributed by atoms with E-state index in [0.717, 1.165) is 0 Å². The minimum Gasteiger partial charge on any atom is -0.370 e. The van der Waals surface area contributed by atoms with Gasteiger partial charge in [-0.2, -0.15) is 10.2 Å². The van der Waals surface area contributed by atoms with E-state index in [1.165, 1.54) is 6.07 Å². The predicted molar refractivity (Wildman–Crippen MR) is 138 cm³/mol. The number of unbranched alkanes of at least 4 members (excludes halogenated alkanes) is 2. The molecule has 0 bridgehead atoms. The van der Waals surface area contributed by atoms with Gasteiger partial charge < -0.3 is 16.3 Å². The Bertz CT molecular complexity index is 1330. The van der Waals surface area contributed by atoms with E-state index in [1.54, 1.807) is 54.6 Å². The first kappa shape index (κ1) is 27.4. The fourth-order valence-corrected chi connectivity index (χ4v) is 5.33. The molecule has 5 N–H and O–H groups in total. The minimum absolute atomic E-state index is 0.0260. The largest absolute Gasteiger partial charge is 0.370 e. The van der Waals surface area contributed by atoms with E-state index in [0.29, 0.717) is 47.2 Å². The number of carbonyl (C=O) groups excluding carboxylic acids is 2. The molecule has 1 amide bonds. The number of rotatable bonds is 13. The Balaban J connectivity index is 1.76. The Morgan fingerprint density at radius 2 is 1.69 bits per heavy atom. The summed E-state index contributed by atoms with van der Waals surface area (Å²) in [6, 6.07) is 15.0. The first-order valence-electron chi connectivity index (χ1n) is 11.4. The number of hydroxylamine groups is 1. The average Bonchev–Trinajstić information content (AvgIpc) is 2.84. The number of carbonyl (C=O) groups is 2. The zero-order chi connectivity index (χ0) is 26.1. The van der Waals surface area contributed by atoms with E-state index >= 15 is 0 Å². The lowest BCUT2D eigenvalue weighted by molar-refractivity contribution is -0.153. The summed E-state index contributed by atoms with van der Waals surface area (Å²) in [6.07, 6.45) is 2.17. The number of sulfonamides is 1. The van der Waals surface area contributed by atoms with Crippen molar-refractivity contribution >= 4 is 50.0 Å². The molecular weight excluding hydrogens is 504 g/mol. The summed E-state index contributed by atoms with van der Waals surface area (Å²) in [5, 5.41) is 1.39. The monoisotopic (exact) mass is 531 g/mol. The van der Waals surface area contributed by atoms with Crippen LogP contribution in [0.25, 0.3) is 10.8 Å². The summed E-state index contributed by atoms with van der Waals surface area (Å²) < 4.78 is 29.2. The van der Waals surface area contributed by atoms with Crippen molar-refractivity contribution in [2.75, 3.05) is 6.54 Å². The molecule has 36 heavy (non-hydrogen) atoms. The number of nitrogens with one attached hydrogen (secondary N) is 3. The van der Waals surface area contributed by atoms with Crippen LogP contribution in [0.15, 0.2) is 65.6 Å². The van der Waals surface area contributed by atoms with Gasteiger partial charge in [0.25, 0.3) is 0 Å². The van der Waals surface area contributed by atoms with Gasteiger partial charge in [0, 0.05) is 35.2 Å². The van der Waals surface area contributed by atoms with Gasteiger partial charge in [0.1, 0.15) is 6.04 Å². The summed E-state index contributed by atoms with van der Waals surface area (Å²) in [5.41, 5.74) is 16.4. The minimum atomic E-state index is -4.17. The molecule has 3 aromatic rings. The van der Waals surface area contributed by atoms with Crippen LogP contribution in [-0.2, 0) is 30.9 Å². The highest BCUT2D eigenvalue weighted by Crippen LogP contribution is 2.29. The van der Waals surface area contributed by atoms with Crippen molar-refractivity contribution in [3.63, 3.8) is 0 Å². The molecule has 0 spiro atoms. The molecule has 0 saturated carbocycles. The molecule has 0 aliphatic carbocycles. The lowest BCUT2D eigenvalue weighted by atomic mass is 10.1. The topological polar surface area (TPSA) is 151 Å². The van der Waals surface area contributed by atoms with E-state index in [2.05, 4.69) is 10.2 Å². The molecule has 1 atom stereocenters. The summed E-state index contributed by atoms with van der Waals surface area (Å²) in [5.74, 6) is -1.20. The van der Waals surface area contributed by atoms with Gasteiger partial charge in [-0.25, -0.2) is 13.2 Å². The van der Waals surface area contributed by atoms with Gasteiger partial charge in [0.2, 0.25) is 15.9 Å². The third-order valence-electron chi connectivity index (χ3n) is 5.52. The van der Waals surface area contributed by atoms with Crippen molar-refractivity contribution < 1.29 is 22.8 Å². The average molecular weight is 532 g/mol. The van der Waals surface area contributed by atoms with Gasteiger partial charge in [0.15, 0.2) is 0 Å². The number of amides is 1. The molecule has 0 aliphatic rings. The van der Waals surface area contributed by atoms with Gasteiger partial charge >= 0.3 is 5.97 Å². The first-order valence-corrected chi connectivity index (χ1v) is 13.3. The van der Waals surface area contributed by atoms with E-state index in [9.17, 15) is 18.0 Å². The van der Waals surface area contributed by atoms with Crippen LogP contribution in [-0.4, -0.2) is 32.9 Å². The van der Waals surface area contributed by atoms with Crippen LogP contribution in [0, 0.1) is 0 Å². The van der Waals surface area contributed by atoms with Gasteiger partial charge in [-0.15, -0.1) is 0 Å². The third-order valence-corrected chi connectivity index (χ3v) is 7.38. The predicted octanol–water partition coefficient (Wildman–Crippen LogP) is 3.39. The molecule has 0 saturated heterocycles. The van der Waals surface area contributed by atoms with E-state index < -0.39 is 22.0 Å². The van der Waals surface area contributed by atoms with Crippen LogP contribution in [0.1, 0.15) is 31.2 Å². The van der Waals surface area contributed by atoms with Crippen LogP contribution >= 0.6 is 11.6 Å². The summed E-state index contributed by atoms with van der Waals surface area (Å²) >= 11 is 6.24. The molecule has 1 radical (unpaired) electrons. The van der Waals surface area contributed by atoms with Crippen LogP contribution in [0.4, 0.5) is 5.69 Å². The van der Waals surface area contributed by atoms with Crippen molar-refractivity contribution in [2.24, 2.45) is 5.73 Å². The second-order valence-electron chi connectivity index (χ2n) is 8.22. The standard InChI is InChI=1S/C25H28ClN4O5S/c26-20-11-6-10-19-18(20)9-7-13-23(19)36(33,34)30-22(16-17-8-3-4-12-21(17)27)25(32)35-29-15-5-1-2-14-24(28)31/h3-4,6-13,22,27,29-30H,1-2,5,14-16H2,(H2,28,31)/t22-/m0/s1. The zero-order valence-electron chi connectivity index (χ0n) is 19.5. The van der Waals surface area contributed by atoms with Crippen molar-refractivity contribution in [1.82, 2.24) is 15.9 Å². The Hall–Kier alpha value is -3.18. The molecule has 0 aliphatic heterocycles. The molecule has 9 nitrogen and oxygen atoms in total. The number of hydrogen-bond donors (Lipinski definition) is 3. The summed E-state index contributed by atoms with van der Waals surface area (Å²) in [7, 11) is -4.17. The van der Waals surface area contributed by atoms with Crippen molar-refractivity contribution in [2.45, 2.75) is 43.0 Å². The lowest BCUT2D eigenvalue weighted by Crippen LogP contribution is -2.45. The van der Waals surface area contributed by atoms with Gasteiger partial charge in [-0.1, -0.05) is 60.5 Å². The Labute approximate surface area is 215 Å². The van der Waals surface area contributed by atoms with Gasteiger partial charge in [0.05, 0.1) is 10.6 Å². The molecule has 11 heteroatoms. The van der Waals surface area contributed by atoms with Crippen molar-refractivity contribution in [3.05, 3.63) is 71.2 Å². The van der Waals surface area contributed by atoms with E-state index in [1.807, 2.05) is 0 Å². The SMILES string of the molecule is [NH]c1ccccc1C[C@H](NS(=O)(=O)c1cccc2c(Cl)cccc12)C(=O)ONCCCCCC(N)=O. The zero-order valence-corrected chi connectivity index (χ0v) is 21.1. The quantitative estimate of drug-likeness (QED) is 0.227. The number of nitrogens with two attached hydrogens (primary N) is 1. The second-order valence-corrected chi connectivity index (χ2v) is 10.3. The molecule has 191 valence electrons. The van der Waals surface area contributed by atoms with E-state index in [4.69, 9.17) is 27.9 Å². The van der Waals surface area contributed by atoms with Crippen LogP contribution in [0.5, 0.6) is 0 Å². The highest BCUT2D eigenvalue weighted by molar-refractivity contribution is 7.89. The molecule has 0 fully saturated rings. The van der Waals surface area contributed by atoms with Crippen LogP contribution in [0.3, 0.4) is 0 Å². The molecule has 3 aromatic carbocycles. The number of hydrogen-bond acceptors (Lipinski definition) is 6. The highest BCUT2D eigenvalue weighted by atomic mass is 35.5. The van der Waals surface area contributed by atoms with Crippen molar-refractivity contribution in [3.8, 4) is 0 Å². The molecule has 0 unspecified atom stereocenters. The van der Waals surface area contributed by atoms with Crippen LogP contribution < -0.4 is 21.7 Å². The first-order chi connectivity index (χ1) is 17.2. The van der Waals surface area contributed by atoms with Gasteiger partial charge in [-0.05, 0) is 36.6 Å². The van der Waals surface area contributed by atoms with Gasteiger partial charge in [-0.3, -0.25) is 4.79 Å². The van der Waals surface area contributed by atoms with Crippen LogP contribution in [0.2, 0.25) is 5.02 Å². The molecule has 3 rings (SSSR count). The maximum Gasteiger partial charge on any atom is 0.343 e.